The second kappa shape index (κ2) is 10.9. The summed E-state index contributed by atoms with van der Waals surface area (Å²) in [4.78, 5) is 4.56. The van der Waals surface area contributed by atoms with Crippen LogP contribution < -0.4 is 0 Å². The average molecular weight is 567 g/mol. The lowest BCUT2D eigenvalue weighted by Gasteiger charge is -2.05. The number of rotatable bonds is 3. The maximum Gasteiger partial charge on any atom is 0.119 e. The van der Waals surface area contributed by atoms with Crippen molar-refractivity contribution in [2.75, 3.05) is 0 Å². The van der Waals surface area contributed by atoms with Crippen molar-refractivity contribution < 1.29 is 0 Å². The van der Waals surface area contributed by atoms with E-state index in [-0.39, 0.29) is 0 Å². The molecule has 0 radical (unpaired) electrons. The second-order valence-electron chi connectivity index (χ2n) is 7.23. The molecule has 3 aromatic heterocycles. The molecule has 0 spiro atoms. The van der Waals surface area contributed by atoms with Crippen molar-refractivity contribution >= 4 is 62.2 Å². The molecule has 0 aliphatic heterocycles. The molecule has 1 saturated carbocycles. The number of aromatic amines is 1. The highest BCUT2D eigenvalue weighted by Gasteiger charge is 2.14. The molecule has 1 aliphatic carbocycles. The van der Waals surface area contributed by atoms with Crippen LogP contribution in [-0.4, -0.2) is 24.7 Å². The Bertz CT molecular complexity index is 1130. The van der Waals surface area contributed by atoms with Gasteiger partial charge in [0.2, 0.25) is 0 Å². The van der Waals surface area contributed by atoms with E-state index in [4.69, 9.17) is 12.2 Å². The third-order valence-electron chi connectivity index (χ3n) is 5.17. The molecule has 0 bridgehead atoms. The molecule has 1 N–H and O–H groups in total. The van der Waals surface area contributed by atoms with E-state index in [1.165, 1.54) is 44.9 Å². The number of thiazole rings is 1. The summed E-state index contributed by atoms with van der Waals surface area (Å²) in [7, 11) is 0. The van der Waals surface area contributed by atoms with Gasteiger partial charge in [0, 0.05) is 22.9 Å². The highest BCUT2D eigenvalue weighted by molar-refractivity contribution is 14.2. The van der Waals surface area contributed by atoms with Crippen LogP contribution in [-0.2, 0) is 0 Å². The van der Waals surface area contributed by atoms with Gasteiger partial charge in [0.05, 0.1) is 34.0 Å². The van der Waals surface area contributed by atoms with E-state index in [0.29, 0.717) is 11.0 Å². The standard InChI is InChI=1S/C14H9IN5PS2.C7H14/c15-21-20-6-8(5-17-20)9-1-2-10(14-13(9)16-7-23-14)11-3-4-12(22)19-18-11;1-2-4-6-7-5-3-1/h1-7,21H,(H,19,22);1-7H2. The van der Waals surface area contributed by atoms with Crippen LogP contribution in [0.3, 0.4) is 0 Å². The monoisotopic (exact) mass is 567 g/mol. The number of nitrogens with one attached hydrogen (secondary N) is 1. The molecular formula is C21H23IN5PS2. The van der Waals surface area contributed by atoms with Gasteiger partial charge in [0.1, 0.15) is 4.64 Å². The summed E-state index contributed by atoms with van der Waals surface area (Å²) >= 11 is 8.99. The van der Waals surface area contributed by atoms with Gasteiger partial charge in [-0.25, -0.2) is 9.44 Å². The first kappa shape index (κ1) is 22.0. The van der Waals surface area contributed by atoms with Crippen LogP contribution in [0.2, 0.25) is 0 Å². The van der Waals surface area contributed by atoms with Gasteiger partial charge in [-0.1, -0.05) is 69.3 Å². The molecule has 156 valence electrons. The van der Waals surface area contributed by atoms with Gasteiger partial charge >= 0.3 is 0 Å². The van der Waals surface area contributed by atoms with Gasteiger partial charge in [0.25, 0.3) is 0 Å². The second-order valence-corrected chi connectivity index (χ2v) is 10.6. The highest BCUT2D eigenvalue weighted by Crippen LogP contribution is 2.37. The molecule has 9 heteroatoms. The molecule has 30 heavy (non-hydrogen) atoms. The summed E-state index contributed by atoms with van der Waals surface area (Å²) < 4.78 is 3.67. The molecule has 1 aromatic carbocycles. The van der Waals surface area contributed by atoms with Gasteiger partial charge in [-0.3, -0.25) is 5.10 Å². The minimum absolute atomic E-state index is 0.588. The van der Waals surface area contributed by atoms with Crippen LogP contribution in [0.1, 0.15) is 44.9 Å². The van der Waals surface area contributed by atoms with Crippen molar-refractivity contribution in [2.45, 2.75) is 44.9 Å². The topological polar surface area (TPSA) is 59.4 Å². The Kier molecular flexibility index (Phi) is 7.98. The summed E-state index contributed by atoms with van der Waals surface area (Å²) in [5.41, 5.74) is 6.94. The van der Waals surface area contributed by atoms with Crippen molar-refractivity contribution in [3.8, 4) is 22.4 Å². The van der Waals surface area contributed by atoms with Gasteiger partial charge < -0.3 is 0 Å². The van der Waals surface area contributed by atoms with Gasteiger partial charge in [-0.2, -0.15) is 10.2 Å². The van der Waals surface area contributed by atoms with Gasteiger partial charge in [0.15, 0.2) is 0 Å². The number of halogens is 1. The first-order chi connectivity index (χ1) is 14.8. The molecular weight excluding hydrogens is 544 g/mol. The van der Waals surface area contributed by atoms with Crippen molar-refractivity contribution in [3.05, 3.63) is 46.8 Å². The Morgan fingerprint density at radius 1 is 1.00 bits per heavy atom. The van der Waals surface area contributed by atoms with Crippen molar-refractivity contribution in [3.63, 3.8) is 0 Å². The first-order valence-electron chi connectivity index (χ1n) is 10.1. The lowest BCUT2D eigenvalue weighted by molar-refractivity contribution is 0.702. The summed E-state index contributed by atoms with van der Waals surface area (Å²) in [5, 5.41) is 11.5. The third kappa shape index (κ3) is 5.33. The van der Waals surface area contributed by atoms with Crippen LogP contribution in [0.4, 0.5) is 0 Å². The molecule has 1 aliphatic rings. The van der Waals surface area contributed by atoms with E-state index >= 15 is 0 Å². The van der Waals surface area contributed by atoms with Crippen LogP contribution >= 0.6 is 52.0 Å². The number of fused-ring (bicyclic) bond motifs is 1. The zero-order chi connectivity index (χ0) is 20.8. The quantitative estimate of drug-likeness (QED) is 0.119. The number of H-pyrrole nitrogens is 1. The Morgan fingerprint density at radius 3 is 2.30 bits per heavy atom. The van der Waals surface area contributed by atoms with Gasteiger partial charge in [-0.05, 0) is 34.2 Å². The van der Waals surface area contributed by atoms with E-state index in [1.54, 1.807) is 11.3 Å². The van der Waals surface area contributed by atoms with Crippen molar-refractivity contribution in [1.82, 2.24) is 24.7 Å². The Hall–Kier alpha value is -1.22. The smallest absolute Gasteiger partial charge is 0.119 e. The van der Waals surface area contributed by atoms with Crippen molar-refractivity contribution in [2.24, 2.45) is 0 Å². The number of benzene rings is 1. The van der Waals surface area contributed by atoms with E-state index in [9.17, 15) is 0 Å². The molecule has 1 atom stereocenters. The molecule has 1 fully saturated rings. The fourth-order valence-corrected chi connectivity index (χ4v) is 5.66. The van der Waals surface area contributed by atoms with E-state index in [1.807, 2.05) is 28.3 Å². The SMILES string of the molecule is C1CCCCCC1.S=c1ccc(-c2ccc(-c3cnn(PI)c3)c3ncsc23)n[nH]1. The Morgan fingerprint density at radius 2 is 1.70 bits per heavy atom. The zero-order valence-electron chi connectivity index (χ0n) is 16.5. The number of hydrogen-bond acceptors (Lipinski definition) is 5. The van der Waals surface area contributed by atoms with Crippen LogP contribution in [0, 0.1) is 4.64 Å². The Balaban J connectivity index is 0.000000265. The normalized spacial score (nSPS) is 14.6. The fraction of sp³-hybridized carbons (Fsp3) is 0.333. The number of aromatic nitrogens is 5. The first-order valence-corrected chi connectivity index (χ1v) is 15.5. The summed E-state index contributed by atoms with van der Waals surface area (Å²) in [6.07, 6.45) is 15.0. The molecule has 1 unspecified atom stereocenters. The molecule has 4 aromatic rings. The lowest BCUT2D eigenvalue weighted by atomic mass is 10.0. The summed E-state index contributed by atoms with van der Waals surface area (Å²) in [5.74, 6) is 0. The van der Waals surface area contributed by atoms with Crippen LogP contribution in [0.15, 0.2) is 42.2 Å². The van der Waals surface area contributed by atoms with Gasteiger partial charge in [-0.15, -0.1) is 11.3 Å². The highest BCUT2D eigenvalue weighted by atomic mass is 127. The minimum Gasteiger partial charge on any atom is -0.267 e. The summed E-state index contributed by atoms with van der Waals surface area (Å²) in [6, 6.07) is 7.95. The van der Waals surface area contributed by atoms with Crippen molar-refractivity contribution in [1.29, 1.82) is 0 Å². The predicted molar refractivity (Wildman–Crippen MR) is 139 cm³/mol. The van der Waals surface area contributed by atoms with Crippen LogP contribution in [0.25, 0.3) is 32.6 Å². The molecule has 5 rings (SSSR count). The number of hydrogen-bond donors (Lipinski definition) is 1. The summed E-state index contributed by atoms with van der Waals surface area (Å²) in [6.45, 7) is 0. The zero-order valence-corrected chi connectivity index (χ0v) is 21.3. The van der Waals surface area contributed by atoms with Crippen LogP contribution in [0.5, 0.6) is 0 Å². The third-order valence-corrected chi connectivity index (χ3v) is 8.16. The molecule has 3 heterocycles. The molecule has 0 saturated heterocycles. The minimum atomic E-state index is 0.588. The number of nitrogens with zero attached hydrogens (tertiary/aromatic N) is 4. The fourth-order valence-electron chi connectivity index (χ4n) is 3.63. The lowest BCUT2D eigenvalue weighted by Crippen LogP contribution is -1.88. The average Bonchev–Trinajstić information content (AvgIpc) is 3.36. The van der Waals surface area contributed by atoms with E-state index < -0.39 is 0 Å². The largest absolute Gasteiger partial charge is 0.267 e. The molecule has 5 nitrogen and oxygen atoms in total. The molecule has 0 amide bonds. The predicted octanol–water partition coefficient (Wildman–Crippen LogP) is 7.80. The van der Waals surface area contributed by atoms with E-state index in [0.717, 1.165) is 32.6 Å². The van der Waals surface area contributed by atoms with E-state index in [2.05, 4.69) is 60.7 Å². The maximum absolute atomic E-state index is 5.06. The maximum atomic E-state index is 5.06. The Labute approximate surface area is 200 Å².